The number of carbonyl (C=O) groups excluding carboxylic acids is 1. The maximum absolute atomic E-state index is 11.7. The fourth-order valence-electron chi connectivity index (χ4n) is 1.14. The van der Waals surface area contributed by atoms with Gasteiger partial charge in [0.15, 0.2) is 6.54 Å². The van der Waals surface area contributed by atoms with Gasteiger partial charge in [-0.25, -0.2) is 4.79 Å². The van der Waals surface area contributed by atoms with Gasteiger partial charge in [0.05, 0.1) is 28.9 Å². The van der Waals surface area contributed by atoms with Crippen LogP contribution in [0.3, 0.4) is 0 Å². The number of rotatable bonds is 6. The van der Waals surface area contributed by atoms with Gasteiger partial charge in [0, 0.05) is 6.08 Å². The Kier molecular flexibility index (Phi) is 7.33. The van der Waals surface area contributed by atoms with Gasteiger partial charge in [0.2, 0.25) is 0 Å². The number of likely N-dealkylation sites (N-methyl/N-ethyl adjacent to an activating group) is 1. The number of ether oxygens (including phenoxy) is 1. The minimum absolute atomic E-state index is 0.0317. The molecule has 0 aliphatic rings. The van der Waals surface area contributed by atoms with E-state index in [-0.39, 0.29) is 18.2 Å². The Labute approximate surface area is 110 Å². The van der Waals surface area contributed by atoms with E-state index in [1.807, 2.05) is 21.1 Å². The molecule has 0 fully saturated rings. The lowest BCUT2D eigenvalue weighted by atomic mass is 10.3. The number of aliphatic hydroxyl groups is 1. The zero-order valence-corrected chi connectivity index (χ0v) is 12.7. The van der Waals surface area contributed by atoms with Crippen molar-refractivity contribution >= 4 is 19.2 Å². The number of nitrogens with zero attached hydrogens (tertiary/aromatic N) is 1. The van der Waals surface area contributed by atoms with E-state index < -0.39 is 13.7 Å². The molecule has 6 heteroatoms. The molecule has 0 aromatic rings. The van der Waals surface area contributed by atoms with Gasteiger partial charge in [-0.2, -0.15) is 0 Å². The summed E-state index contributed by atoms with van der Waals surface area (Å²) >= 11 is 0. The van der Waals surface area contributed by atoms with Gasteiger partial charge in [0.25, 0.3) is 5.48 Å². The highest BCUT2D eigenvalue weighted by Crippen LogP contribution is 2.13. The van der Waals surface area contributed by atoms with Crippen molar-refractivity contribution in [2.45, 2.75) is 13.8 Å². The number of carbonyl (C=O) groups is 1. The normalized spacial score (nSPS) is 12.8. The van der Waals surface area contributed by atoms with Gasteiger partial charge in [-0.05, 0) is 13.8 Å². The molecule has 18 heavy (non-hydrogen) atoms. The van der Waals surface area contributed by atoms with Crippen molar-refractivity contribution in [3.8, 4) is 0 Å². The number of aliphatic hydroxyl groups excluding tert-OH is 1. The molecule has 1 N–H and O–H groups in total. The van der Waals surface area contributed by atoms with Crippen LogP contribution >= 0.6 is 7.77 Å². The molecule has 0 aliphatic carbocycles. The predicted molar refractivity (Wildman–Crippen MR) is 72.0 cm³/mol. The summed E-state index contributed by atoms with van der Waals surface area (Å²) in [5.74, 6) is -0.440. The molecule has 5 nitrogen and oxygen atoms in total. The van der Waals surface area contributed by atoms with E-state index in [0.29, 0.717) is 11.0 Å². The molecule has 0 rings (SSSR count). The lowest BCUT2D eigenvalue weighted by Crippen LogP contribution is -2.39. The Morgan fingerprint density at radius 1 is 1.39 bits per heavy atom. The minimum atomic E-state index is -1.85. The van der Waals surface area contributed by atoms with E-state index in [4.69, 9.17) is 4.74 Å². The van der Waals surface area contributed by atoms with E-state index in [1.54, 1.807) is 13.8 Å². The van der Waals surface area contributed by atoms with Gasteiger partial charge >= 0.3 is 5.97 Å². The van der Waals surface area contributed by atoms with Crippen LogP contribution in [0.1, 0.15) is 13.8 Å². The number of allylic oxidation sites excluding steroid dienone is 1. The molecule has 0 aromatic carbocycles. The highest BCUT2D eigenvalue weighted by Gasteiger charge is 2.17. The van der Waals surface area contributed by atoms with E-state index in [1.165, 1.54) is 6.08 Å². The Hall–Kier alpha value is -0.740. The molecule has 0 saturated heterocycles. The maximum atomic E-state index is 11.7. The highest BCUT2D eigenvalue weighted by molar-refractivity contribution is 7.51. The van der Waals surface area contributed by atoms with E-state index in [2.05, 4.69) is 0 Å². The standard InChI is InChI=1S/C12H22NO4P/c1-10(2)8-11(14)17-6-7-18(16)12(15)9-13(3,4)5/h8H,6-7,9H2,1-5H3/p+1. The molecule has 0 radical (unpaired) electrons. The average molecular weight is 276 g/mol. The van der Waals surface area contributed by atoms with Crippen molar-refractivity contribution in [2.24, 2.45) is 0 Å². The summed E-state index contributed by atoms with van der Waals surface area (Å²) < 4.78 is 5.38. The Morgan fingerprint density at radius 2 is 1.94 bits per heavy atom. The zero-order chi connectivity index (χ0) is 14.3. The smallest absolute Gasteiger partial charge is 0.330 e. The van der Waals surface area contributed by atoms with Gasteiger partial charge in [-0.15, -0.1) is 0 Å². The lowest BCUT2D eigenvalue weighted by Gasteiger charge is -2.22. The van der Waals surface area contributed by atoms with Crippen LogP contribution in [0.4, 0.5) is 0 Å². The summed E-state index contributed by atoms with van der Waals surface area (Å²) in [5, 5.41) is 9.63. The maximum Gasteiger partial charge on any atom is 0.330 e. The molecule has 1 atom stereocenters. The van der Waals surface area contributed by atoms with Crippen LogP contribution in [0.15, 0.2) is 11.6 Å². The summed E-state index contributed by atoms with van der Waals surface area (Å²) in [4.78, 5) is 22.8. The molecule has 1 unspecified atom stereocenters. The van der Waals surface area contributed by atoms with Crippen LogP contribution in [0.2, 0.25) is 0 Å². The third kappa shape index (κ3) is 9.31. The quantitative estimate of drug-likeness (QED) is 0.331. The molecular formula is C12H23NO4P+. The molecule has 0 spiro atoms. The Bertz CT molecular complexity index is 352. The number of hydrogen-bond donors (Lipinski definition) is 1. The van der Waals surface area contributed by atoms with Crippen molar-refractivity contribution in [1.82, 2.24) is 0 Å². The van der Waals surface area contributed by atoms with Crippen LogP contribution in [0.5, 0.6) is 0 Å². The highest BCUT2D eigenvalue weighted by atomic mass is 31.1. The van der Waals surface area contributed by atoms with Crippen LogP contribution in [-0.2, 0) is 9.53 Å². The first-order chi connectivity index (χ1) is 8.11. The largest absolute Gasteiger partial charge is 0.628 e. The first-order valence-corrected chi connectivity index (χ1v) is 7.18. The average Bonchev–Trinajstić information content (AvgIpc) is 2.13. The van der Waals surface area contributed by atoms with Gasteiger partial charge in [-0.3, -0.25) is 0 Å². The molecule has 104 valence electrons. The fourth-order valence-corrected chi connectivity index (χ4v) is 2.24. The summed E-state index contributed by atoms with van der Waals surface area (Å²) in [6.45, 7) is 3.97. The van der Waals surface area contributed by atoms with E-state index in [0.717, 1.165) is 5.57 Å². The first kappa shape index (κ1) is 17.3. The second-order valence-corrected chi connectivity index (χ2v) is 7.08. The molecule has 0 heterocycles. The topological polar surface area (TPSA) is 69.6 Å². The summed E-state index contributed by atoms with van der Waals surface area (Å²) in [6.07, 6.45) is 1.53. The third-order valence-corrected chi connectivity index (χ3v) is 3.15. The van der Waals surface area contributed by atoms with Gasteiger partial charge < -0.3 is 19.2 Å². The first-order valence-electron chi connectivity index (χ1n) is 5.73. The second-order valence-electron chi connectivity index (χ2n) is 5.36. The predicted octanol–water partition coefficient (Wildman–Crippen LogP) is 0.462. The van der Waals surface area contributed by atoms with Crippen molar-refractivity contribution in [3.05, 3.63) is 11.6 Å². The number of quaternary nitrogens is 1. The van der Waals surface area contributed by atoms with Crippen LogP contribution in [0, 0.1) is 0 Å². The van der Waals surface area contributed by atoms with Crippen molar-refractivity contribution in [2.75, 3.05) is 40.5 Å². The van der Waals surface area contributed by atoms with E-state index in [9.17, 15) is 14.8 Å². The van der Waals surface area contributed by atoms with Gasteiger partial charge in [-0.1, -0.05) is 5.57 Å². The summed E-state index contributed by atoms with van der Waals surface area (Å²) in [5.41, 5.74) is 0.819. The van der Waals surface area contributed by atoms with Crippen molar-refractivity contribution in [1.29, 1.82) is 0 Å². The fraction of sp³-hybridized carbons (Fsp3) is 0.667. The molecule has 0 aromatic heterocycles. The zero-order valence-electron chi connectivity index (χ0n) is 11.8. The monoisotopic (exact) mass is 276 g/mol. The van der Waals surface area contributed by atoms with Crippen molar-refractivity contribution < 1.29 is 24.0 Å². The molecular weight excluding hydrogens is 253 g/mol. The number of hydrogen-bond acceptors (Lipinski definition) is 3. The van der Waals surface area contributed by atoms with Crippen molar-refractivity contribution in [3.63, 3.8) is 0 Å². The molecule has 0 saturated carbocycles. The summed E-state index contributed by atoms with van der Waals surface area (Å²) in [7, 11) is 3.84. The van der Waals surface area contributed by atoms with Gasteiger partial charge in [0.1, 0.15) is 12.8 Å². The van der Waals surface area contributed by atoms with Crippen LogP contribution in [0.25, 0.3) is 0 Å². The summed E-state index contributed by atoms with van der Waals surface area (Å²) in [6, 6.07) is 0. The second kappa shape index (κ2) is 7.64. The third-order valence-electron chi connectivity index (χ3n) is 1.85. The van der Waals surface area contributed by atoms with Crippen LogP contribution in [-0.4, -0.2) is 61.5 Å². The minimum Gasteiger partial charge on any atom is -0.628 e. The van der Waals surface area contributed by atoms with E-state index >= 15 is 0 Å². The van der Waals surface area contributed by atoms with Crippen LogP contribution < -0.4 is 4.89 Å². The molecule has 0 amide bonds. The SMILES string of the molecule is CC(C)=CC(=O)OCC/[P+]([O-])=C(\O)C[N+](C)(C)C. The Balaban J connectivity index is 4.18. The molecule has 0 bridgehead atoms. The Morgan fingerprint density at radius 3 is 2.39 bits per heavy atom. The molecule has 0 aliphatic heterocycles. The lowest BCUT2D eigenvalue weighted by molar-refractivity contribution is -0.861. The number of esters is 1.